The van der Waals surface area contributed by atoms with E-state index in [2.05, 4.69) is 59.0 Å². The van der Waals surface area contributed by atoms with Crippen molar-refractivity contribution in [1.29, 1.82) is 0 Å². The lowest BCUT2D eigenvalue weighted by molar-refractivity contribution is 0.357. The Kier molecular flexibility index (Phi) is 6.57. The molecule has 1 aromatic rings. The minimum atomic E-state index is 0.602. The molecule has 0 aliphatic rings. The molecule has 1 N–H and O–H groups in total. The van der Waals surface area contributed by atoms with Gasteiger partial charge in [0.15, 0.2) is 0 Å². The maximum absolute atomic E-state index is 3.68. The second kappa shape index (κ2) is 7.69. The molecule has 1 heteroatoms. The maximum Gasteiger partial charge on any atom is 0.0133 e. The summed E-state index contributed by atoms with van der Waals surface area (Å²) in [6.45, 7) is 14.6. The first kappa shape index (κ1) is 16.2. The molecule has 0 saturated carbocycles. The molecule has 0 heterocycles. The predicted molar refractivity (Wildman–Crippen MR) is 85.9 cm³/mol. The summed E-state index contributed by atoms with van der Waals surface area (Å²) in [7, 11) is 0. The molecule has 0 bridgehead atoms. The average Bonchev–Trinajstić information content (AvgIpc) is 2.32. The lowest BCUT2D eigenvalue weighted by atomic mass is 9.87. The molecular weight excluding hydrogens is 230 g/mol. The Morgan fingerprint density at radius 1 is 1.05 bits per heavy atom. The SMILES string of the molecule is CCCC(C)C(Cc1c(C)cc(C)cc1C)NCC. The highest BCUT2D eigenvalue weighted by molar-refractivity contribution is 5.38. The first-order chi connectivity index (χ1) is 8.99. The first-order valence-electron chi connectivity index (χ1n) is 7.79. The van der Waals surface area contributed by atoms with E-state index >= 15 is 0 Å². The monoisotopic (exact) mass is 261 g/mol. The van der Waals surface area contributed by atoms with Crippen LogP contribution < -0.4 is 5.32 Å². The standard InChI is InChI=1S/C18H31N/c1-7-9-14(4)18(19-8-2)12-17-15(5)10-13(3)11-16(17)6/h10-11,14,18-19H,7-9,12H2,1-6H3. The summed E-state index contributed by atoms with van der Waals surface area (Å²) in [4.78, 5) is 0. The lowest BCUT2D eigenvalue weighted by Gasteiger charge is -2.26. The van der Waals surface area contributed by atoms with E-state index in [-0.39, 0.29) is 0 Å². The van der Waals surface area contributed by atoms with E-state index in [0.29, 0.717) is 6.04 Å². The van der Waals surface area contributed by atoms with Crippen molar-refractivity contribution >= 4 is 0 Å². The number of aryl methyl sites for hydroxylation is 3. The largest absolute Gasteiger partial charge is 0.314 e. The zero-order valence-electron chi connectivity index (χ0n) is 13.6. The molecule has 0 fully saturated rings. The summed E-state index contributed by atoms with van der Waals surface area (Å²) in [5.74, 6) is 0.741. The van der Waals surface area contributed by atoms with E-state index in [1.807, 2.05) is 0 Å². The van der Waals surface area contributed by atoms with E-state index in [4.69, 9.17) is 0 Å². The second-order valence-corrected chi connectivity index (χ2v) is 6.01. The predicted octanol–water partition coefficient (Wildman–Crippen LogP) is 4.57. The molecule has 0 spiro atoms. The summed E-state index contributed by atoms with van der Waals surface area (Å²) in [6.07, 6.45) is 3.74. The van der Waals surface area contributed by atoms with Crippen molar-refractivity contribution in [1.82, 2.24) is 5.32 Å². The van der Waals surface area contributed by atoms with Gasteiger partial charge in [0.2, 0.25) is 0 Å². The van der Waals surface area contributed by atoms with Gasteiger partial charge in [-0.2, -0.15) is 0 Å². The number of rotatable bonds is 7. The van der Waals surface area contributed by atoms with Gasteiger partial charge in [0.05, 0.1) is 0 Å². The topological polar surface area (TPSA) is 12.0 Å². The van der Waals surface area contributed by atoms with Crippen molar-refractivity contribution in [2.24, 2.45) is 5.92 Å². The Bertz CT molecular complexity index is 372. The lowest BCUT2D eigenvalue weighted by Crippen LogP contribution is -2.37. The Balaban J connectivity index is 2.90. The molecule has 19 heavy (non-hydrogen) atoms. The van der Waals surface area contributed by atoms with Crippen molar-refractivity contribution in [3.05, 3.63) is 34.4 Å². The van der Waals surface area contributed by atoms with Gasteiger partial charge in [0.25, 0.3) is 0 Å². The molecule has 0 saturated heterocycles. The maximum atomic E-state index is 3.68. The molecule has 0 aliphatic carbocycles. The average molecular weight is 261 g/mol. The van der Waals surface area contributed by atoms with E-state index < -0.39 is 0 Å². The normalized spacial score (nSPS) is 14.4. The number of nitrogens with one attached hydrogen (secondary N) is 1. The molecule has 2 atom stereocenters. The van der Waals surface area contributed by atoms with Gasteiger partial charge in [-0.1, -0.05) is 44.9 Å². The van der Waals surface area contributed by atoms with Crippen LogP contribution in [0.1, 0.15) is 55.9 Å². The van der Waals surface area contributed by atoms with Gasteiger partial charge in [0.1, 0.15) is 0 Å². The van der Waals surface area contributed by atoms with Crippen LogP contribution in [0.4, 0.5) is 0 Å². The van der Waals surface area contributed by atoms with Gasteiger partial charge in [-0.05, 0) is 62.8 Å². The third-order valence-electron chi connectivity index (χ3n) is 4.16. The van der Waals surface area contributed by atoms with Crippen LogP contribution in [0, 0.1) is 26.7 Å². The molecule has 2 unspecified atom stereocenters. The molecule has 1 aromatic carbocycles. The molecule has 1 nitrogen and oxygen atoms in total. The molecule has 1 rings (SSSR count). The van der Waals surface area contributed by atoms with Crippen molar-refractivity contribution in [2.75, 3.05) is 6.54 Å². The molecule has 0 radical (unpaired) electrons. The molecular formula is C18H31N. The first-order valence-corrected chi connectivity index (χ1v) is 7.79. The highest BCUT2D eigenvalue weighted by atomic mass is 14.9. The number of benzene rings is 1. The summed E-state index contributed by atoms with van der Waals surface area (Å²) >= 11 is 0. The zero-order chi connectivity index (χ0) is 14.4. The van der Waals surface area contributed by atoms with Crippen LogP contribution in [0.15, 0.2) is 12.1 Å². The quantitative estimate of drug-likeness (QED) is 0.758. The molecule has 108 valence electrons. The van der Waals surface area contributed by atoms with Crippen LogP contribution in [0.5, 0.6) is 0 Å². The Morgan fingerprint density at radius 3 is 2.11 bits per heavy atom. The van der Waals surface area contributed by atoms with Crippen molar-refractivity contribution in [3.63, 3.8) is 0 Å². The Hall–Kier alpha value is -0.820. The highest BCUT2D eigenvalue weighted by Crippen LogP contribution is 2.22. The Labute approximate surface area is 119 Å². The van der Waals surface area contributed by atoms with Gasteiger partial charge < -0.3 is 5.32 Å². The van der Waals surface area contributed by atoms with Gasteiger partial charge in [0, 0.05) is 6.04 Å². The van der Waals surface area contributed by atoms with Crippen LogP contribution in [0.2, 0.25) is 0 Å². The van der Waals surface area contributed by atoms with E-state index in [1.165, 1.54) is 29.5 Å². The highest BCUT2D eigenvalue weighted by Gasteiger charge is 2.18. The second-order valence-electron chi connectivity index (χ2n) is 6.01. The third-order valence-corrected chi connectivity index (χ3v) is 4.16. The van der Waals surface area contributed by atoms with Crippen LogP contribution in [-0.4, -0.2) is 12.6 Å². The summed E-state index contributed by atoms with van der Waals surface area (Å²) in [5, 5.41) is 3.68. The fourth-order valence-corrected chi connectivity index (χ4v) is 3.15. The number of hydrogen-bond acceptors (Lipinski definition) is 1. The minimum absolute atomic E-state index is 0.602. The number of likely N-dealkylation sites (N-methyl/N-ethyl adjacent to an activating group) is 1. The van der Waals surface area contributed by atoms with Crippen LogP contribution in [-0.2, 0) is 6.42 Å². The molecule has 0 aromatic heterocycles. The zero-order valence-corrected chi connectivity index (χ0v) is 13.6. The number of hydrogen-bond donors (Lipinski definition) is 1. The van der Waals surface area contributed by atoms with Crippen LogP contribution >= 0.6 is 0 Å². The van der Waals surface area contributed by atoms with Crippen LogP contribution in [0.25, 0.3) is 0 Å². The Morgan fingerprint density at radius 2 is 1.63 bits per heavy atom. The van der Waals surface area contributed by atoms with E-state index in [0.717, 1.165) is 18.9 Å². The van der Waals surface area contributed by atoms with Gasteiger partial charge in [-0.25, -0.2) is 0 Å². The smallest absolute Gasteiger partial charge is 0.0133 e. The van der Waals surface area contributed by atoms with Crippen molar-refractivity contribution < 1.29 is 0 Å². The van der Waals surface area contributed by atoms with Gasteiger partial charge in [-0.15, -0.1) is 0 Å². The van der Waals surface area contributed by atoms with Gasteiger partial charge >= 0.3 is 0 Å². The van der Waals surface area contributed by atoms with Crippen molar-refractivity contribution in [3.8, 4) is 0 Å². The van der Waals surface area contributed by atoms with E-state index in [1.54, 1.807) is 5.56 Å². The van der Waals surface area contributed by atoms with E-state index in [9.17, 15) is 0 Å². The third kappa shape index (κ3) is 4.65. The summed E-state index contributed by atoms with van der Waals surface area (Å²) < 4.78 is 0. The fourth-order valence-electron chi connectivity index (χ4n) is 3.15. The van der Waals surface area contributed by atoms with Crippen molar-refractivity contribution in [2.45, 2.75) is 66.8 Å². The van der Waals surface area contributed by atoms with Crippen LogP contribution in [0.3, 0.4) is 0 Å². The minimum Gasteiger partial charge on any atom is -0.314 e. The molecule has 0 amide bonds. The van der Waals surface area contributed by atoms with Gasteiger partial charge in [-0.3, -0.25) is 0 Å². The summed E-state index contributed by atoms with van der Waals surface area (Å²) in [6, 6.07) is 5.23. The molecule has 0 aliphatic heterocycles. The summed E-state index contributed by atoms with van der Waals surface area (Å²) in [5.41, 5.74) is 5.81. The fraction of sp³-hybridized carbons (Fsp3) is 0.667.